The van der Waals surface area contributed by atoms with Crippen LogP contribution in [0.5, 0.6) is 0 Å². The van der Waals surface area contributed by atoms with Gasteiger partial charge in [0.25, 0.3) is 0 Å². The van der Waals surface area contributed by atoms with E-state index in [1.165, 1.54) is 0 Å². The van der Waals surface area contributed by atoms with Gasteiger partial charge in [-0.2, -0.15) is 0 Å². The second-order valence-corrected chi connectivity index (χ2v) is 3.69. The molecular weight excluding hydrogens is 199 g/mol. The number of alkyl halides is 2. The van der Waals surface area contributed by atoms with E-state index in [0.29, 0.717) is 12.3 Å². The Morgan fingerprint density at radius 3 is 2.50 bits per heavy atom. The van der Waals surface area contributed by atoms with Gasteiger partial charge in [0, 0.05) is 5.88 Å². The molecule has 0 spiro atoms. The second kappa shape index (κ2) is 6.55. The first-order valence-electron chi connectivity index (χ1n) is 3.98. The van der Waals surface area contributed by atoms with E-state index in [0.717, 1.165) is 6.42 Å². The summed E-state index contributed by atoms with van der Waals surface area (Å²) in [6, 6.07) is 0. The number of esters is 1. The summed E-state index contributed by atoms with van der Waals surface area (Å²) < 4.78 is 4.90. The highest BCUT2D eigenvalue weighted by Crippen LogP contribution is 2.09. The third-order valence-corrected chi connectivity index (χ3v) is 1.86. The molecule has 72 valence electrons. The molecule has 0 rings (SSSR count). The minimum Gasteiger partial charge on any atom is -0.462 e. The molecule has 0 saturated heterocycles. The van der Waals surface area contributed by atoms with Gasteiger partial charge in [0.1, 0.15) is 5.38 Å². The van der Waals surface area contributed by atoms with Crippen molar-refractivity contribution in [2.75, 3.05) is 5.88 Å². The zero-order chi connectivity index (χ0) is 9.56. The van der Waals surface area contributed by atoms with Crippen molar-refractivity contribution in [1.82, 2.24) is 0 Å². The number of carbonyl (C=O) groups excluding carboxylic acids is 1. The molecule has 0 aromatic rings. The van der Waals surface area contributed by atoms with E-state index in [9.17, 15) is 4.79 Å². The fourth-order valence-electron chi connectivity index (χ4n) is 0.680. The summed E-state index contributed by atoms with van der Waals surface area (Å²) in [5.74, 6) is 0.176. The lowest BCUT2D eigenvalue weighted by atomic mass is 10.2. The molecule has 0 bridgehead atoms. The van der Waals surface area contributed by atoms with E-state index in [4.69, 9.17) is 27.9 Å². The van der Waals surface area contributed by atoms with Gasteiger partial charge < -0.3 is 4.74 Å². The molecular formula is C8H14Cl2O2. The number of carbonyl (C=O) groups is 1. The lowest BCUT2D eigenvalue weighted by Gasteiger charge is -2.11. The van der Waals surface area contributed by atoms with Crippen molar-refractivity contribution < 1.29 is 9.53 Å². The number of halogens is 2. The highest BCUT2D eigenvalue weighted by atomic mass is 35.5. The molecule has 0 aromatic carbocycles. The van der Waals surface area contributed by atoms with E-state index in [2.05, 4.69) is 0 Å². The van der Waals surface area contributed by atoms with E-state index >= 15 is 0 Å². The molecule has 1 unspecified atom stereocenters. The number of hydrogen-bond donors (Lipinski definition) is 0. The number of ether oxygens (including phenoxy) is 1. The van der Waals surface area contributed by atoms with Gasteiger partial charge in [-0.1, -0.05) is 0 Å². The third kappa shape index (κ3) is 5.67. The molecule has 0 N–H and O–H groups in total. The Morgan fingerprint density at radius 2 is 2.08 bits per heavy atom. The fraction of sp³-hybridized carbons (Fsp3) is 0.875. The largest absolute Gasteiger partial charge is 0.462 e. The van der Waals surface area contributed by atoms with Crippen LogP contribution in [0.1, 0.15) is 26.7 Å². The summed E-state index contributed by atoms with van der Waals surface area (Å²) >= 11 is 11.2. The summed E-state index contributed by atoms with van der Waals surface area (Å²) in [7, 11) is 0. The van der Waals surface area contributed by atoms with E-state index in [-0.39, 0.29) is 12.1 Å². The van der Waals surface area contributed by atoms with E-state index in [1.807, 2.05) is 0 Å². The first-order chi connectivity index (χ1) is 5.57. The lowest BCUT2D eigenvalue weighted by molar-refractivity contribution is -0.147. The quantitative estimate of drug-likeness (QED) is 0.518. The highest BCUT2D eigenvalue weighted by Gasteiger charge is 2.16. The molecule has 0 saturated carbocycles. The Hall–Kier alpha value is 0.0500. The van der Waals surface area contributed by atoms with Crippen LogP contribution in [-0.2, 0) is 9.53 Å². The van der Waals surface area contributed by atoms with Crippen LogP contribution in [0.2, 0.25) is 0 Å². The Morgan fingerprint density at radius 1 is 1.50 bits per heavy atom. The van der Waals surface area contributed by atoms with Gasteiger partial charge in [0.2, 0.25) is 0 Å². The summed E-state index contributed by atoms with van der Waals surface area (Å²) in [5.41, 5.74) is 0. The summed E-state index contributed by atoms with van der Waals surface area (Å²) in [6.07, 6.45) is 1.22. The molecule has 1 atom stereocenters. The molecule has 0 radical (unpaired) electrons. The van der Waals surface area contributed by atoms with Crippen LogP contribution in [0.25, 0.3) is 0 Å². The summed E-state index contributed by atoms with van der Waals surface area (Å²) in [6.45, 7) is 3.59. The molecule has 0 aliphatic rings. The van der Waals surface area contributed by atoms with Gasteiger partial charge in [0.05, 0.1) is 6.10 Å². The molecule has 12 heavy (non-hydrogen) atoms. The Kier molecular flexibility index (Phi) is 6.58. The smallest absolute Gasteiger partial charge is 0.324 e. The maximum atomic E-state index is 11.1. The molecule has 0 aromatic heterocycles. The first-order valence-corrected chi connectivity index (χ1v) is 4.95. The standard InChI is InChI=1S/C8H14Cl2O2/c1-6(2)12-8(11)7(10)4-3-5-9/h6-7H,3-5H2,1-2H3. The highest BCUT2D eigenvalue weighted by molar-refractivity contribution is 6.29. The van der Waals surface area contributed by atoms with Gasteiger partial charge in [-0.15, -0.1) is 23.2 Å². The zero-order valence-corrected chi connectivity index (χ0v) is 8.86. The monoisotopic (exact) mass is 212 g/mol. The summed E-state index contributed by atoms with van der Waals surface area (Å²) in [5, 5.41) is -0.550. The number of hydrogen-bond acceptors (Lipinski definition) is 2. The SMILES string of the molecule is CC(C)OC(=O)C(Cl)CCCCl. The molecule has 0 amide bonds. The second-order valence-electron chi connectivity index (χ2n) is 2.78. The van der Waals surface area contributed by atoms with Crippen LogP contribution in [0.3, 0.4) is 0 Å². The van der Waals surface area contributed by atoms with Gasteiger partial charge >= 0.3 is 5.97 Å². The Labute approximate surface area is 83.2 Å². The molecule has 0 aliphatic heterocycles. The minimum atomic E-state index is -0.550. The molecule has 0 aliphatic carbocycles. The number of rotatable bonds is 5. The van der Waals surface area contributed by atoms with E-state index < -0.39 is 5.38 Å². The Balaban J connectivity index is 3.61. The molecule has 0 heterocycles. The van der Waals surface area contributed by atoms with Crippen LogP contribution >= 0.6 is 23.2 Å². The first kappa shape index (κ1) is 12.0. The van der Waals surface area contributed by atoms with Crippen molar-refractivity contribution >= 4 is 29.2 Å². The predicted molar refractivity (Wildman–Crippen MR) is 50.8 cm³/mol. The van der Waals surface area contributed by atoms with Crippen LogP contribution in [0.4, 0.5) is 0 Å². The van der Waals surface area contributed by atoms with Crippen molar-refractivity contribution in [1.29, 1.82) is 0 Å². The predicted octanol–water partition coefficient (Wildman–Crippen LogP) is 2.56. The van der Waals surface area contributed by atoms with Gasteiger partial charge in [0.15, 0.2) is 0 Å². The zero-order valence-electron chi connectivity index (χ0n) is 7.35. The summed E-state index contributed by atoms with van der Waals surface area (Å²) in [4.78, 5) is 11.1. The fourth-order valence-corrected chi connectivity index (χ4v) is 1.04. The van der Waals surface area contributed by atoms with Crippen molar-refractivity contribution in [3.63, 3.8) is 0 Å². The average Bonchev–Trinajstić information content (AvgIpc) is 1.98. The van der Waals surface area contributed by atoms with E-state index in [1.54, 1.807) is 13.8 Å². The maximum Gasteiger partial charge on any atom is 0.324 e. The van der Waals surface area contributed by atoms with Gasteiger partial charge in [-0.05, 0) is 26.7 Å². The molecule has 4 heteroatoms. The van der Waals surface area contributed by atoms with Crippen molar-refractivity contribution in [3.8, 4) is 0 Å². The van der Waals surface area contributed by atoms with Crippen LogP contribution in [-0.4, -0.2) is 23.3 Å². The van der Waals surface area contributed by atoms with Gasteiger partial charge in [-0.25, -0.2) is 0 Å². The lowest BCUT2D eigenvalue weighted by Crippen LogP contribution is -2.21. The topological polar surface area (TPSA) is 26.3 Å². The van der Waals surface area contributed by atoms with Gasteiger partial charge in [-0.3, -0.25) is 4.79 Å². The Bertz CT molecular complexity index is 137. The average molecular weight is 213 g/mol. The van der Waals surface area contributed by atoms with Crippen molar-refractivity contribution in [2.24, 2.45) is 0 Å². The van der Waals surface area contributed by atoms with Crippen molar-refractivity contribution in [2.45, 2.75) is 38.2 Å². The molecule has 2 nitrogen and oxygen atoms in total. The normalized spacial score (nSPS) is 13.1. The third-order valence-electron chi connectivity index (χ3n) is 1.20. The van der Waals surface area contributed by atoms with Crippen LogP contribution < -0.4 is 0 Å². The maximum absolute atomic E-state index is 11.1. The minimum absolute atomic E-state index is 0.102. The molecule has 0 fully saturated rings. The van der Waals surface area contributed by atoms with Crippen molar-refractivity contribution in [3.05, 3.63) is 0 Å². The van der Waals surface area contributed by atoms with Crippen LogP contribution in [0, 0.1) is 0 Å². The van der Waals surface area contributed by atoms with Crippen LogP contribution in [0.15, 0.2) is 0 Å².